The van der Waals surface area contributed by atoms with E-state index < -0.39 is 0 Å². The molecule has 0 atom stereocenters. The molecule has 1 aliphatic rings. The van der Waals surface area contributed by atoms with Crippen molar-refractivity contribution in [1.29, 1.82) is 5.26 Å². The van der Waals surface area contributed by atoms with E-state index in [1.165, 1.54) is 0 Å². The average Bonchev–Trinajstić information content (AvgIpc) is 3.37. The summed E-state index contributed by atoms with van der Waals surface area (Å²) >= 11 is 0. The molecule has 1 aliphatic heterocycles. The van der Waals surface area contributed by atoms with Crippen LogP contribution in [0.2, 0.25) is 0 Å². The number of aryl methyl sites for hydroxylation is 1. The van der Waals surface area contributed by atoms with Gasteiger partial charge >= 0.3 is 0 Å². The molecule has 0 bridgehead atoms. The van der Waals surface area contributed by atoms with E-state index in [1.54, 1.807) is 0 Å². The Morgan fingerprint density at radius 1 is 1.09 bits per heavy atom. The van der Waals surface area contributed by atoms with E-state index in [4.69, 9.17) is 9.97 Å². The smallest absolute Gasteiger partial charge is 0.211 e. The Bertz CT molecular complexity index is 1390. The van der Waals surface area contributed by atoms with Crippen LogP contribution in [0, 0.1) is 18.3 Å². The molecule has 0 radical (unpaired) electrons. The summed E-state index contributed by atoms with van der Waals surface area (Å²) in [4.78, 5) is 14.7. The molecule has 1 saturated heterocycles. The molecule has 178 valence electrons. The number of piperidine rings is 1. The molecule has 0 amide bonds. The molecule has 2 aromatic carbocycles. The van der Waals surface area contributed by atoms with Gasteiger partial charge in [-0.15, -0.1) is 0 Å². The Kier molecular flexibility index (Phi) is 6.25. The highest BCUT2D eigenvalue weighted by molar-refractivity contribution is 5.91. The first-order valence-electron chi connectivity index (χ1n) is 12.0. The van der Waals surface area contributed by atoms with Gasteiger partial charge in [0.25, 0.3) is 0 Å². The first kappa shape index (κ1) is 23.0. The third-order valence-corrected chi connectivity index (χ3v) is 7.10. The van der Waals surface area contributed by atoms with Crippen LogP contribution >= 0.6 is 0 Å². The number of fused-ring (bicyclic) bond motifs is 1. The van der Waals surface area contributed by atoms with Crippen molar-refractivity contribution in [3.05, 3.63) is 71.5 Å². The van der Waals surface area contributed by atoms with Crippen LogP contribution in [-0.4, -0.2) is 57.6 Å². The molecule has 35 heavy (non-hydrogen) atoms. The molecule has 3 heterocycles. The second-order valence-corrected chi connectivity index (χ2v) is 9.43. The fourth-order valence-corrected chi connectivity index (χ4v) is 4.98. The summed E-state index contributed by atoms with van der Waals surface area (Å²) in [7, 11) is 4.29. The Labute approximate surface area is 205 Å². The van der Waals surface area contributed by atoms with Crippen LogP contribution in [0.5, 0.6) is 0 Å². The van der Waals surface area contributed by atoms with Crippen molar-refractivity contribution in [1.82, 2.24) is 19.3 Å². The van der Waals surface area contributed by atoms with Gasteiger partial charge < -0.3 is 14.9 Å². The molecule has 4 aromatic rings. The minimum atomic E-state index is 0.00741. The van der Waals surface area contributed by atoms with Gasteiger partial charge in [0, 0.05) is 37.1 Å². The van der Waals surface area contributed by atoms with E-state index >= 15 is 0 Å². The zero-order valence-corrected chi connectivity index (χ0v) is 20.4. The zero-order valence-electron chi connectivity index (χ0n) is 20.4. The SMILES string of the molecule is Cc1cc(-c2c(-c3ccc(C#N)cc3)nc(N3CCC(N(C)C)CC3)n3ccnc23)ccc1CO. The van der Waals surface area contributed by atoms with Crippen LogP contribution in [0.15, 0.2) is 54.9 Å². The van der Waals surface area contributed by atoms with Crippen molar-refractivity contribution in [2.45, 2.75) is 32.4 Å². The van der Waals surface area contributed by atoms with E-state index in [2.05, 4.69) is 40.4 Å². The molecule has 5 rings (SSSR count). The lowest BCUT2D eigenvalue weighted by atomic mass is 9.96. The lowest BCUT2D eigenvalue weighted by Gasteiger charge is -2.36. The predicted octanol–water partition coefficient (Wildman–Crippen LogP) is 4.27. The Morgan fingerprint density at radius 2 is 1.80 bits per heavy atom. The lowest BCUT2D eigenvalue weighted by molar-refractivity contribution is 0.249. The standard InChI is InChI=1S/C28H30N6O/c1-19-16-22(8-9-23(19)18-35)25-26(21-6-4-20(17-29)5-7-21)31-28(34-15-12-30-27(25)34)33-13-10-24(11-14-33)32(2)3/h4-9,12,15-16,24,35H,10-11,13-14,18H2,1-3H3. The van der Waals surface area contributed by atoms with Crippen LogP contribution in [0.1, 0.15) is 29.5 Å². The van der Waals surface area contributed by atoms with Crippen LogP contribution in [-0.2, 0) is 6.61 Å². The highest BCUT2D eigenvalue weighted by Crippen LogP contribution is 2.37. The van der Waals surface area contributed by atoms with Gasteiger partial charge in [0.2, 0.25) is 5.95 Å². The fraction of sp³-hybridized carbons (Fsp3) is 0.321. The summed E-state index contributed by atoms with van der Waals surface area (Å²) in [6.07, 6.45) is 5.98. The second kappa shape index (κ2) is 9.49. The zero-order chi connectivity index (χ0) is 24.5. The summed E-state index contributed by atoms with van der Waals surface area (Å²) in [5.41, 5.74) is 7.12. The van der Waals surface area contributed by atoms with Gasteiger partial charge in [0.15, 0.2) is 0 Å². The third-order valence-electron chi connectivity index (χ3n) is 7.10. The maximum Gasteiger partial charge on any atom is 0.211 e. The number of imidazole rings is 1. The number of rotatable bonds is 5. The van der Waals surface area contributed by atoms with Crippen LogP contribution < -0.4 is 4.90 Å². The number of aromatic nitrogens is 3. The van der Waals surface area contributed by atoms with Crippen molar-refractivity contribution in [3.8, 4) is 28.5 Å². The number of anilines is 1. The first-order chi connectivity index (χ1) is 17.0. The number of aliphatic hydroxyl groups is 1. The number of benzene rings is 2. The molecule has 7 heteroatoms. The van der Waals surface area contributed by atoms with E-state index in [1.807, 2.05) is 55.7 Å². The maximum atomic E-state index is 9.67. The summed E-state index contributed by atoms with van der Waals surface area (Å²) in [5.74, 6) is 0.890. The highest BCUT2D eigenvalue weighted by Gasteiger charge is 2.26. The number of nitriles is 1. The molecule has 2 aromatic heterocycles. The number of aliphatic hydroxyl groups excluding tert-OH is 1. The van der Waals surface area contributed by atoms with Gasteiger partial charge in [0.1, 0.15) is 5.65 Å². The van der Waals surface area contributed by atoms with Crippen LogP contribution in [0.4, 0.5) is 5.95 Å². The highest BCUT2D eigenvalue weighted by atomic mass is 16.3. The third kappa shape index (κ3) is 4.27. The Hall–Kier alpha value is -3.73. The monoisotopic (exact) mass is 466 g/mol. The first-order valence-corrected chi connectivity index (χ1v) is 12.0. The molecule has 0 unspecified atom stereocenters. The average molecular weight is 467 g/mol. The largest absolute Gasteiger partial charge is 0.392 e. The van der Waals surface area contributed by atoms with Crippen LogP contribution in [0.3, 0.4) is 0 Å². The number of hydrogen-bond acceptors (Lipinski definition) is 6. The number of hydrogen-bond donors (Lipinski definition) is 1. The summed E-state index contributed by atoms with van der Waals surface area (Å²) in [5, 5.41) is 19.0. The van der Waals surface area contributed by atoms with E-state index in [-0.39, 0.29) is 6.61 Å². The number of nitrogens with zero attached hydrogens (tertiary/aromatic N) is 6. The van der Waals surface area contributed by atoms with Gasteiger partial charge in [-0.25, -0.2) is 9.97 Å². The summed E-state index contributed by atoms with van der Waals surface area (Å²) < 4.78 is 2.09. The molecule has 0 aliphatic carbocycles. The Balaban J connectivity index is 1.70. The molecule has 0 saturated carbocycles. The van der Waals surface area contributed by atoms with Gasteiger partial charge in [0.05, 0.1) is 29.5 Å². The van der Waals surface area contributed by atoms with Crippen molar-refractivity contribution in [2.24, 2.45) is 0 Å². The van der Waals surface area contributed by atoms with Crippen molar-refractivity contribution < 1.29 is 5.11 Å². The van der Waals surface area contributed by atoms with Crippen molar-refractivity contribution in [3.63, 3.8) is 0 Å². The normalized spacial score (nSPS) is 14.6. The van der Waals surface area contributed by atoms with E-state index in [0.29, 0.717) is 11.6 Å². The Morgan fingerprint density at radius 3 is 2.43 bits per heavy atom. The second-order valence-electron chi connectivity index (χ2n) is 9.43. The molecule has 1 N–H and O–H groups in total. The van der Waals surface area contributed by atoms with E-state index in [9.17, 15) is 10.4 Å². The van der Waals surface area contributed by atoms with Crippen molar-refractivity contribution in [2.75, 3.05) is 32.1 Å². The molecule has 0 spiro atoms. The summed E-state index contributed by atoms with van der Waals surface area (Å²) in [6.45, 7) is 3.88. The van der Waals surface area contributed by atoms with Gasteiger partial charge in [-0.1, -0.05) is 30.3 Å². The lowest BCUT2D eigenvalue weighted by Crippen LogP contribution is -2.43. The van der Waals surface area contributed by atoms with Gasteiger partial charge in [-0.3, -0.25) is 4.40 Å². The van der Waals surface area contributed by atoms with Crippen molar-refractivity contribution >= 4 is 11.6 Å². The minimum Gasteiger partial charge on any atom is -0.392 e. The topological polar surface area (TPSA) is 80.7 Å². The molecular weight excluding hydrogens is 436 g/mol. The summed E-state index contributed by atoms with van der Waals surface area (Å²) in [6, 6.07) is 16.4. The van der Waals surface area contributed by atoms with Crippen LogP contribution in [0.25, 0.3) is 28.0 Å². The minimum absolute atomic E-state index is 0.00741. The van der Waals surface area contributed by atoms with E-state index in [0.717, 1.165) is 71.0 Å². The quantitative estimate of drug-likeness (QED) is 0.473. The predicted molar refractivity (Wildman–Crippen MR) is 138 cm³/mol. The maximum absolute atomic E-state index is 9.67. The molecular formula is C28H30N6O. The van der Waals surface area contributed by atoms with Gasteiger partial charge in [-0.05, 0) is 62.7 Å². The van der Waals surface area contributed by atoms with Gasteiger partial charge in [-0.2, -0.15) is 5.26 Å². The molecule has 1 fully saturated rings. The fourth-order valence-electron chi connectivity index (χ4n) is 4.98. The molecule has 7 nitrogen and oxygen atoms in total.